The van der Waals surface area contributed by atoms with Gasteiger partial charge in [0, 0.05) is 76.0 Å². The molecule has 0 bridgehead atoms. The Balaban J connectivity index is 1.39. The fourth-order valence-electron chi connectivity index (χ4n) is 8.45. The summed E-state index contributed by atoms with van der Waals surface area (Å²) in [6.45, 7) is 6.47. The summed E-state index contributed by atoms with van der Waals surface area (Å²) in [4.78, 5) is 1.22. The molecule has 54 heavy (non-hydrogen) atoms. The van der Waals surface area contributed by atoms with Crippen LogP contribution in [0, 0.1) is 47.8 Å². The number of aromatic nitrogens is 2. The second-order valence-electron chi connectivity index (χ2n) is 14.2. The molecule has 1 aliphatic carbocycles. The van der Waals surface area contributed by atoms with Crippen molar-refractivity contribution in [2.24, 2.45) is 5.92 Å². The van der Waals surface area contributed by atoms with Gasteiger partial charge < -0.3 is 9.13 Å². The lowest BCUT2D eigenvalue weighted by Gasteiger charge is -2.16. The van der Waals surface area contributed by atoms with Crippen LogP contribution >= 0.6 is 22.7 Å². The fraction of sp³-hybridized carbons (Fsp3) is 0.208. The summed E-state index contributed by atoms with van der Waals surface area (Å²) in [5.41, 5.74) is 8.86. The molecule has 0 aliphatic heterocycles. The van der Waals surface area contributed by atoms with E-state index in [1.165, 1.54) is 35.8 Å². The van der Waals surface area contributed by atoms with Gasteiger partial charge in [-0.15, -0.1) is 29.1 Å². The number of para-hydroxylation sites is 1. The maximum Gasteiger partial charge on any atom is 0.101 e. The zero-order valence-electron chi connectivity index (χ0n) is 30.7. The highest BCUT2D eigenvalue weighted by molar-refractivity contribution is 7.26. The molecule has 4 heterocycles. The minimum atomic E-state index is 0.143. The summed E-state index contributed by atoms with van der Waals surface area (Å²) in [6.07, 6.45) is 17.6. The first-order chi connectivity index (χ1) is 26.5. The first kappa shape index (κ1) is 34.0. The van der Waals surface area contributed by atoms with Crippen LogP contribution in [0.3, 0.4) is 0 Å². The van der Waals surface area contributed by atoms with Crippen molar-refractivity contribution in [2.45, 2.75) is 59.3 Å². The van der Waals surface area contributed by atoms with Crippen LogP contribution in [-0.4, -0.2) is 9.13 Å². The number of allylic oxidation sites excluding steroid dienone is 5. The van der Waals surface area contributed by atoms with Crippen LogP contribution in [0.5, 0.6) is 0 Å². The van der Waals surface area contributed by atoms with Crippen LogP contribution in [0.25, 0.3) is 80.4 Å². The van der Waals surface area contributed by atoms with Gasteiger partial charge in [-0.05, 0) is 50.8 Å². The van der Waals surface area contributed by atoms with Gasteiger partial charge in [0.15, 0.2) is 0 Å². The monoisotopic (exact) mass is 734 g/mol. The Labute approximate surface area is 323 Å². The standard InChI is InChI=1S/C48H38N4S2/c1-5-8-14-34-29(4)51(45-37(34)21-23-39-33(7-3)42(13-6-2)53-47(39)45)32(25-26-49)27-31(28-50)44(30-19-20-30)52-41-17-11-9-15-35(41)38-22-24-40-36-16-10-12-18-43(36)54-48(40)46(38)52/h3,8-12,14-18,21-24,27,30H,5-6,13,19-20,25H2,1-2,4H3/b14-8-,32-27+,44-31-. The number of terminal acetylenes is 1. The van der Waals surface area contributed by atoms with Gasteiger partial charge in [0.2, 0.25) is 0 Å². The fourth-order valence-corrected chi connectivity index (χ4v) is 11.1. The molecule has 9 rings (SSSR count). The molecule has 1 fully saturated rings. The van der Waals surface area contributed by atoms with Crippen LogP contribution in [-0.2, 0) is 6.42 Å². The molecular formula is C48H38N4S2. The highest BCUT2D eigenvalue weighted by Gasteiger charge is 2.33. The molecule has 0 unspecified atom stereocenters. The highest BCUT2D eigenvalue weighted by Crippen LogP contribution is 2.49. The van der Waals surface area contributed by atoms with Crippen molar-refractivity contribution in [2.75, 3.05) is 0 Å². The second-order valence-corrected chi connectivity index (χ2v) is 16.4. The van der Waals surface area contributed by atoms with E-state index < -0.39 is 0 Å². The topological polar surface area (TPSA) is 57.4 Å². The number of hydrogen-bond acceptors (Lipinski definition) is 4. The van der Waals surface area contributed by atoms with Gasteiger partial charge in [0.25, 0.3) is 0 Å². The van der Waals surface area contributed by atoms with Gasteiger partial charge >= 0.3 is 0 Å². The Morgan fingerprint density at radius 2 is 1.54 bits per heavy atom. The number of aryl methyl sites for hydroxylation is 1. The molecule has 0 spiro atoms. The molecule has 4 nitrogen and oxygen atoms in total. The Hall–Kier alpha value is -5.84. The van der Waals surface area contributed by atoms with E-state index in [1.807, 2.05) is 17.4 Å². The van der Waals surface area contributed by atoms with Crippen LogP contribution in [0.1, 0.15) is 67.6 Å². The average Bonchev–Trinajstić information content (AvgIpc) is 3.61. The third kappa shape index (κ3) is 5.15. The molecule has 1 aliphatic rings. The van der Waals surface area contributed by atoms with E-state index in [0.717, 1.165) is 92.3 Å². The Kier molecular flexibility index (Phi) is 8.51. The van der Waals surface area contributed by atoms with Gasteiger partial charge in [0.1, 0.15) is 6.07 Å². The number of rotatable bonds is 9. The second kappa shape index (κ2) is 13.5. The molecular weight excluding hydrogens is 697 g/mol. The third-order valence-electron chi connectivity index (χ3n) is 10.9. The molecule has 0 saturated heterocycles. The van der Waals surface area contributed by atoms with Crippen molar-refractivity contribution in [1.82, 2.24) is 9.13 Å². The summed E-state index contributed by atoms with van der Waals surface area (Å²) in [5, 5.41) is 28.7. The van der Waals surface area contributed by atoms with Crippen molar-refractivity contribution in [3.8, 4) is 24.5 Å². The molecule has 4 aromatic carbocycles. The van der Waals surface area contributed by atoms with Crippen LogP contribution in [0.15, 0.2) is 90.5 Å². The lowest BCUT2D eigenvalue weighted by molar-refractivity contribution is 0.938. The van der Waals surface area contributed by atoms with Gasteiger partial charge in [-0.3, -0.25) is 0 Å². The van der Waals surface area contributed by atoms with E-state index in [4.69, 9.17) is 6.42 Å². The Morgan fingerprint density at radius 3 is 2.28 bits per heavy atom. The summed E-state index contributed by atoms with van der Waals surface area (Å²) in [6, 6.07) is 31.2. The van der Waals surface area contributed by atoms with E-state index >= 15 is 0 Å². The molecule has 0 N–H and O–H groups in total. The smallest absolute Gasteiger partial charge is 0.101 e. The largest absolute Gasteiger partial charge is 0.314 e. The molecule has 8 aromatic rings. The summed E-state index contributed by atoms with van der Waals surface area (Å²) >= 11 is 3.59. The van der Waals surface area contributed by atoms with Gasteiger partial charge in [-0.25, -0.2) is 0 Å². The summed E-state index contributed by atoms with van der Waals surface area (Å²) < 4.78 is 8.26. The maximum atomic E-state index is 11.2. The van der Waals surface area contributed by atoms with Crippen LogP contribution in [0.4, 0.5) is 0 Å². The van der Waals surface area contributed by atoms with E-state index in [-0.39, 0.29) is 12.3 Å². The molecule has 0 atom stereocenters. The normalized spacial score (nSPS) is 14.2. The van der Waals surface area contributed by atoms with Gasteiger partial charge in [0.05, 0.1) is 44.0 Å². The van der Waals surface area contributed by atoms with Crippen LogP contribution in [0.2, 0.25) is 0 Å². The van der Waals surface area contributed by atoms with E-state index in [9.17, 15) is 10.5 Å². The number of fused-ring (bicyclic) bond motifs is 10. The SMILES string of the molecule is C#Cc1c(CCC)sc2c1ccc1c(/C=C\CC)c(C)n(/C(=C/C(C#N)=C(\C3CC3)n3c4ccccc4c4ccc5c6ccccc6sc5c43)CC#N)c12. The lowest BCUT2D eigenvalue weighted by atomic mass is 10.1. The van der Waals surface area contributed by atoms with E-state index in [1.54, 1.807) is 11.3 Å². The van der Waals surface area contributed by atoms with Crippen molar-refractivity contribution in [3.63, 3.8) is 0 Å². The third-order valence-corrected chi connectivity index (χ3v) is 13.4. The van der Waals surface area contributed by atoms with Crippen molar-refractivity contribution in [3.05, 3.63) is 112 Å². The van der Waals surface area contributed by atoms with Crippen molar-refractivity contribution in [1.29, 1.82) is 10.5 Å². The first-order valence-corrected chi connectivity index (χ1v) is 20.4. The molecule has 4 aromatic heterocycles. The number of thiophene rings is 2. The minimum absolute atomic E-state index is 0.143. The predicted molar refractivity (Wildman–Crippen MR) is 232 cm³/mol. The van der Waals surface area contributed by atoms with E-state index in [2.05, 4.69) is 133 Å². The molecule has 6 heteroatoms. The summed E-state index contributed by atoms with van der Waals surface area (Å²) in [5.74, 6) is 3.24. The molecule has 0 amide bonds. The van der Waals surface area contributed by atoms with Crippen molar-refractivity contribution < 1.29 is 0 Å². The van der Waals surface area contributed by atoms with Gasteiger partial charge in [-0.2, -0.15) is 10.5 Å². The number of nitriles is 2. The average molecular weight is 735 g/mol. The first-order valence-electron chi connectivity index (χ1n) is 18.8. The lowest BCUT2D eigenvalue weighted by Crippen LogP contribution is -2.05. The molecule has 262 valence electrons. The molecule has 0 radical (unpaired) electrons. The zero-order valence-corrected chi connectivity index (χ0v) is 32.3. The van der Waals surface area contributed by atoms with Gasteiger partial charge in [-0.1, -0.05) is 99.0 Å². The predicted octanol–water partition coefficient (Wildman–Crippen LogP) is 13.6. The number of hydrogen-bond donors (Lipinski definition) is 0. The van der Waals surface area contributed by atoms with Crippen LogP contribution < -0.4 is 0 Å². The maximum absolute atomic E-state index is 11.2. The molecule has 1 saturated carbocycles. The van der Waals surface area contributed by atoms with Crippen molar-refractivity contribution >= 4 is 103 Å². The summed E-state index contributed by atoms with van der Waals surface area (Å²) in [7, 11) is 0. The Bertz CT molecular complexity index is 3070. The highest BCUT2D eigenvalue weighted by atomic mass is 32.1. The Morgan fingerprint density at radius 1 is 0.833 bits per heavy atom. The minimum Gasteiger partial charge on any atom is -0.314 e. The number of benzene rings is 4. The van der Waals surface area contributed by atoms with E-state index in [0.29, 0.717) is 5.57 Å². The number of nitrogens with zero attached hydrogens (tertiary/aromatic N) is 4. The quantitative estimate of drug-likeness (QED) is 0.0842. The zero-order chi connectivity index (χ0) is 37.1.